The molecule has 0 bridgehead atoms. The topological polar surface area (TPSA) is 68.1 Å². The van der Waals surface area contributed by atoms with Crippen LogP contribution >= 0.6 is 0 Å². The minimum Gasteiger partial charge on any atom is -0.265 e. The highest BCUT2D eigenvalue weighted by Gasteiger charge is 2.66. The minimum absolute atomic E-state index is 0.0762. The predicted octanol–water partition coefficient (Wildman–Crippen LogP) is 2.33. The molecule has 0 aliphatic carbocycles. The minimum atomic E-state index is -4.74. The van der Waals surface area contributed by atoms with E-state index in [1.165, 1.54) is 12.1 Å². The van der Waals surface area contributed by atoms with Crippen LogP contribution < -0.4 is 0 Å². The molecule has 0 fully saturated rings. The van der Waals surface area contributed by atoms with Gasteiger partial charge in [0, 0.05) is 16.7 Å². The van der Waals surface area contributed by atoms with Gasteiger partial charge in [0.05, 0.1) is 12.9 Å². The summed E-state index contributed by atoms with van der Waals surface area (Å²) in [6.45, 7) is -0.614. The first-order valence-corrected chi connectivity index (χ1v) is 7.36. The molecular weight excluding hydrogens is 309 g/mol. The third-order valence-electron chi connectivity index (χ3n) is 2.82. The molecule has 5 nitrogen and oxygen atoms in total. The van der Waals surface area contributed by atoms with Gasteiger partial charge in [0.1, 0.15) is 0 Å². The van der Waals surface area contributed by atoms with E-state index >= 15 is 0 Å². The smallest absolute Gasteiger partial charge is 0.265 e. The summed E-state index contributed by atoms with van der Waals surface area (Å²) >= 11 is 0. The summed E-state index contributed by atoms with van der Waals surface area (Å²) < 4.78 is 65.8. The zero-order valence-electron chi connectivity index (χ0n) is 10.7. The molecule has 0 saturated carbocycles. The van der Waals surface area contributed by atoms with Gasteiger partial charge in [-0.3, -0.25) is 4.18 Å². The molecule has 21 heavy (non-hydrogen) atoms. The van der Waals surface area contributed by atoms with Gasteiger partial charge in [-0.15, -0.1) is 16.7 Å². The zero-order chi connectivity index (χ0) is 15.9. The summed E-state index contributed by atoms with van der Waals surface area (Å²) in [6, 6.07) is 3.86. The van der Waals surface area contributed by atoms with E-state index in [4.69, 9.17) is 6.42 Å². The Bertz CT molecular complexity index is 742. The number of terminal acetylenes is 1. The summed E-state index contributed by atoms with van der Waals surface area (Å²) in [7, 11) is -3.84. The first-order chi connectivity index (χ1) is 9.61. The second kappa shape index (κ2) is 4.82. The number of halogens is 3. The lowest BCUT2D eigenvalue weighted by Crippen LogP contribution is -2.31. The molecule has 0 unspecified atom stereocenters. The third-order valence-corrected chi connectivity index (χ3v) is 3.37. The van der Waals surface area contributed by atoms with E-state index in [9.17, 15) is 21.6 Å². The van der Waals surface area contributed by atoms with Crippen molar-refractivity contribution < 1.29 is 25.8 Å². The summed E-state index contributed by atoms with van der Waals surface area (Å²) in [6.07, 6.45) is 1.29. The van der Waals surface area contributed by atoms with Gasteiger partial charge in [0.25, 0.3) is 10.1 Å². The predicted molar refractivity (Wildman–Crippen MR) is 66.6 cm³/mol. The molecule has 0 atom stereocenters. The van der Waals surface area contributed by atoms with Crippen molar-refractivity contribution in [2.75, 3.05) is 6.26 Å². The summed E-state index contributed by atoms with van der Waals surface area (Å²) in [5, 5.41) is 6.16. The first-order valence-electron chi connectivity index (χ1n) is 5.55. The Morgan fingerprint density at radius 2 is 2.00 bits per heavy atom. The van der Waals surface area contributed by atoms with Crippen LogP contribution in [0.15, 0.2) is 28.4 Å². The number of rotatable bonds is 4. The molecule has 2 rings (SSSR count). The molecule has 0 spiro atoms. The molecular formula is C12H9F3N2O3S. The van der Waals surface area contributed by atoms with E-state index < -0.39 is 28.6 Å². The Labute approximate surface area is 119 Å². The molecule has 0 N–H and O–H groups in total. The van der Waals surface area contributed by atoms with Crippen LogP contribution in [-0.4, -0.2) is 20.8 Å². The molecule has 9 heteroatoms. The van der Waals surface area contributed by atoms with Gasteiger partial charge < -0.3 is 0 Å². The molecule has 1 heterocycles. The molecule has 1 aliphatic heterocycles. The Morgan fingerprint density at radius 3 is 2.43 bits per heavy atom. The van der Waals surface area contributed by atoms with Crippen LogP contribution in [0.2, 0.25) is 0 Å². The lowest BCUT2D eigenvalue weighted by atomic mass is 9.93. The largest absolute Gasteiger partial charge is 0.442 e. The van der Waals surface area contributed by atoms with E-state index in [1.54, 1.807) is 0 Å². The third kappa shape index (κ3) is 2.91. The maximum atomic E-state index is 13.1. The molecule has 112 valence electrons. The maximum Gasteiger partial charge on any atom is 0.442 e. The van der Waals surface area contributed by atoms with E-state index in [1.807, 2.05) is 0 Å². The average Bonchev–Trinajstić information content (AvgIpc) is 3.15. The first kappa shape index (κ1) is 15.5. The van der Waals surface area contributed by atoms with E-state index in [2.05, 4.69) is 20.3 Å². The highest BCUT2D eigenvalue weighted by molar-refractivity contribution is 7.85. The fraction of sp³-hybridized carbons (Fsp3) is 0.333. The number of alkyl halides is 3. The molecule has 1 aliphatic rings. The Morgan fingerprint density at radius 1 is 1.38 bits per heavy atom. The van der Waals surface area contributed by atoms with Crippen LogP contribution in [0.5, 0.6) is 0 Å². The van der Waals surface area contributed by atoms with Crippen molar-refractivity contribution in [2.45, 2.75) is 18.4 Å². The number of benzene rings is 1. The van der Waals surface area contributed by atoms with Crippen molar-refractivity contribution in [1.29, 1.82) is 0 Å². The SMILES string of the molecule is C#Cc1cccc(C2(C(F)(F)F)N=N2)c1COS(C)(=O)=O. The second-order valence-corrected chi connectivity index (χ2v) is 5.96. The molecule has 1 aromatic carbocycles. The van der Waals surface area contributed by atoms with Gasteiger partial charge in [-0.25, -0.2) is 0 Å². The van der Waals surface area contributed by atoms with E-state index in [0.29, 0.717) is 0 Å². The number of nitrogens with zero attached hydrogens (tertiary/aromatic N) is 2. The quantitative estimate of drug-likeness (QED) is 0.632. The number of hydrogen-bond acceptors (Lipinski definition) is 5. The maximum absolute atomic E-state index is 13.1. The molecule has 0 radical (unpaired) electrons. The highest BCUT2D eigenvalue weighted by Crippen LogP contribution is 2.53. The van der Waals surface area contributed by atoms with Crippen LogP contribution in [0.1, 0.15) is 16.7 Å². The van der Waals surface area contributed by atoms with Gasteiger partial charge in [-0.05, 0) is 6.07 Å². The van der Waals surface area contributed by atoms with E-state index in [-0.39, 0.29) is 16.7 Å². The fourth-order valence-electron chi connectivity index (χ4n) is 1.79. The lowest BCUT2D eigenvalue weighted by Gasteiger charge is -2.19. The van der Waals surface area contributed by atoms with Gasteiger partial charge in [0.2, 0.25) is 0 Å². The van der Waals surface area contributed by atoms with Crippen molar-refractivity contribution in [3.8, 4) is 12.3 Å². The normalized spacial score (nSPS) is 16.5. The molecule has 0 amide bonds. The van der Waals surface area contributed by atoms with Gasteiger partial charge >= 0.3 is 11.8 Å². The van der Waals surface area contributed by atoms with Crippen molar-refractivity contribution in [2.24, 2.45) is 10.2 Å². The highest BCUT2D eigenvalue weighted by atomic mass is 32.2. The zero-order valence-corrected chi connectivity index (χ0v) is 11.5. The van der Waals surface area contributed by atoms with Gasteiger partial charge in [-0.2, -0.15) is 21.6 Å². The summed E-state index contributed by atoms with van der Waals surface area (Å²) in [5.41, 5.74) is -2.99. The Balaban J connectivity index is 2.51. The van der Waals surface area contributed by atoms with Crippen LogP contribution in [-0.2, 0) is 26.6 Å². The van der Waals surface area contributed by atoms with Crippen LogP contribution in [0.25, 0.3) is 0 Å². The monoisotopic (exact) mass is 318 g/mol. The van der Waals surface area contributed by atoms with Crippen molar-refractivity contribution >= 4 is 10.1 Å². The van der Waals surface area contributed by atoms with E-state index in [0.717, 1.165) is 12.3 Å². The van der Waals surface area contributed by atoms with Crippen molar-refractivity contribution in [3.63, 3.8) is 0 Å². The number of hydrogen-bond donors (Lipinski definition) is 0. The average molecular weight is 318 g/mol. The standard InChI is InChI=1S/C12H9F3N2O3S/c1-3-8-5-4-6-10(9(8)7-20-21(2,18)19)11(16-17-11)12(13,14)15/h1,4-6H,7H2,2H3. The van der Waals surface area contributed by atoms with Gasteiger partial charge in [0.15, 0.2) is 0 Å². The fourth-order valence-corrected chi connectivity index (χ4v) is 2.13. The second-order valence-electron chi connectivity index (χ2n) is 4.31. The summed E-state index contributed by atoms with van der Waals surface area (Å²) in [4.78, 5) is 0. The summed E-state index contributed by atoms with van der Waals surface area (Å²) in [5.74, 6) is 2.20. The van der Waals surface area contributed by atoms with Gasteiger partial charge in [-0.1, -0.05) is 18.1 Å². The van der Waals surface area contributed by atoms with Crippen LogP contribution in [0, 0.1) is 12.3 Å². The molecule has 0 aromatic heterocycles. The lowest BCUT2D eigenvalue weighted by molar-refractivity contribution is -0.166. The molecule has 1 aromatic rings. The van der Waals surface area contributed by atoms with Crippen molar-refractivity contribution in [3.05, 3.63) is 34.9 Å². The Kier molecular flexibility index (Phi) is 3.55. The van der Waals surface area contributed by atoms with Crippen LogP contribution in [0.4, 0.5) is 13.2 Å². The van der Waals surface area contributed by atoms with Crippen molar-refractivity contribution in [1.82, 2.24) is 0 Å². The Hall–Kier alpha value is -1.92. The molecule has 0 saturated heterocycles. The van der Waals surface area contributed by atoms with Crippen LogP contribution in [0.3, 0.4) is 0 Å².